The topological polar surface area (TPSA) is 0 Å². The molecule has 0 bridgehead atoms. The van der Waals surface area contributed by atoms with Gasteiger partial charge in [-0.05, 0) is 43.8 Å². The van der Waals surface area contributed by atoms with Crippen molar-refractivity contribution in [2.75, 3.05) is 0 Å². The van der Waals surface area contributed by atoms with Gasteiger partial charge in [-0.1, -0.05) is 134 Å². The van der Waals surface area contributed by atoms with Crippen LogP contribution >= 0.6 is 0 Å². The Balaban J connectivity index is 1.95. The van der Waals surface area contributed by atoms with Crippen molar-refractivity contribution in [1.82, 2.24) is 0 Å². The second kappa shape index (κ2) is 8.45. The second-order valence-corrected chi connectivity index (χ2v) is 12.2. The third-order valence-electron chi connectivity index (χ3n) is 6.45. The molecule has 0 nitrogen and oxygen atoms in total. The van der Waals surface area contributed by atoms with E-state index in [0.717, 1.165) is 0 Å². The summed E-state index contributed by atoms with van der Waals surface area (Å²) < 4.78 is 0. The molecule has 0 radical (unpaired) electrons. The van der Waals surface area contributed by atoms with Gasteiger partial charge >= 0.3 is 0 Å². The molecule has 0 spiro atoms. The number of allylic oxidation sites excluding steroid dienone is 2. The zero-order chi connectivity index (χ0) is 22.0. The Morgan fingerprint density at radius 1 is 0.469 bits per heavy atom. The molecule has 0 unspecified atom stereocenters. The van der Waals surface area contributed by atoms with Crippen LogP contribution in [-0.2, 0) is 0 Å². The first kappa shape index (κ1) is 20.2. The highest BCUT2D eigenvalue weighted by Crippen LogP contribution is 2.55. The highest BCUT2D eigenvalue weighted by molar-refractivity contribution is 7.16. The van der Waals surface area contributed by atoms with Gasteiger partial charge < -0.3 is 0 Å². The molecule has 4 aromatic rings. The van der Waals surface area contributed by atoms with E-state index in [1.807, 2.05) is 0 Å². The summed E-state index contributed by atoms with van der Waals surface area (Å²) >= 11 is 0. The first-order chi connectivity index (χ1) is 15.7. The van der Waals surface area contributed by atoms with E-state index >= 15 is 0 Å². The lowest BCUT2D eigenvalue weighted by atomic mass is 9.89. The predicted molar refractivity (Wildman–Crippen MR) is 141 cm³/mol. The molecule has 1 aliphatic rings. The SMILES string of the molecule is C=C[Si]1(C)C(c2ccccc2)=C(c2ccccc2)C(c2ccccc2)=C1c1ccccc1. The Kier molecular flexibility index (Phi) is 5.34. The van der Waals surface area contributed by atoms with Gasteiger partial charge in [-0.2, -0.15) is 0 Å². The van der Waals surface area contributed by atoms with Crippen molar-refractivity contribution in [2.24, 2.45) is 0 Å². The fraction of sp³-hybridized carbons (Fsp3) is 0.0323. The normalized spacial score (nSPS) is 15.2. The smallest absolute Gasteiger partial charge is 0.106 e. The van der Waals surface area contributed by atoms with Crippen molar-refractivity contribution >= 4 is 29.6 Å². The van der Waals surface area contributed by atoms with Crippen molar-refractivity contribution in [3.63, 3.8) is 0 Å². The van der Waals surface area contributed by atoms with Crippen molar-refractivity contribution < 1.29 is 0 Å². The van der Waals surface area contributed by atoms with Crippen molar-refractivity contribution in [2.45, 2.75) is 6.55 Å². The summed E-state index contributed by atoms with van der Waals surface area (Å²) in [5.74, 6) is 0. The van der Waals surface area contributed by atoms with Gasteiger partial charge in [-0.25, -0.2) is 0 Å². The average molecular weight is 427 g/mol. The largest absolute Gasteiger partial charge is 0.140 e. The molecule has 0 saturated heterocycles. The van der Waals surface area contributed by atoms with Crippen LogP contribution in [0, 0.1) is 0 Å². The summed E-state index contributed by atoms with van der Waals surface area (Å²) in [5.41, 5.74) is 10.1. The van der Waals surface area contributed by atoms with E-state index in [9.17, 15) is 0 Å². The minimum absolute atomic E-state index is 1.26. The zero-order valence-corrected chi connectivity index (χ0v) is 19.3. The first-order valence-electron chi connectivity index (χ1n) is 11.1. The maximum absolute atomic E-state index is 4.42. The van der Waals surface area contributed by atoms with Crippen LogP contribution in [-0.4, -0.2) is 8.07 Å². The fourth-order valence-electron chi connectivity index (χ4n) is 4.98. The maximum Gasteiger partial charge on any atom is 0.140 e. The van der Waals surface area contributed by atoms with Gasteiger partial charge in [-0.15, -0.1) is 6.58 Å². The molecule has 5 rings (SSSR count). The van der Waals surface area contributed by atoms with Crippen molar-refractivity contribution in [3.8, 4) is 0 Å². The Labute approximate surface area is 191 Å². The summed E-state index contributed by atoms with van der Waals surface area (Å²) in [6, 6.07) is 43.5. The Morgan fingerprint density at radius 2 is 0.750 bits per heavy atom. The summed E-state index contributed by atoms with van der Waals surface area (Å²) in [6.45, 7) is 6.86. The van der Waals surface area contributed by atoms with Gasteiger partial charge in [0, 0.05) is 0 Å². The Hall–Kier alpha value is -3.68. The van der Waals surface area contributed by atoms with Gasteiger partial charge in [0.05, 0.1) is 0 Å². The predicted octanol–water partition coefficient (Wildman–Crippen LogP) is 8.10. The molecule has 0 atom stereocenters. The van der Waals surface area contributed by atoms with Crippen molar-refractivity contribution in [1.29, 1.82) is 0 Å². The molecule has 154 valence electrons. The molecule has 32 heavy (non-hydrogen) atoms. The van der Waals surface area contributed by atoms with Gasteiger partial charge in [0.25, 0.3) is 0 Å². The third kappa shape index (κ3) is 3.32. The maximum atomic E-state index is 4.42. The molecule has 0 aliphatic carbocycles. The first-order valence-corrected chi connectivity index (χ1v) is 13.7. The van der Waals surface area contributed by atoms with Crippen molar-refractivity contribution in [3.05, 3.63) is 156 Å². The fourth-order valence-corrected chi connectivity index (χ4v) is 8.75. The lowest BCUT2D eigenvalue weighted by Gasteiger charge is -2.27. The van der Waals surface area contributed by atoms with Crippen LogP contribution < -0.4 is 0 Å². The number of rotatable bonds is 5. The second-order valence-electron chi connectivity index (χ2n) is 8.37. The zero-order valence-electron chi connectivity index (χ0n) is 18.3. The summed E-state index contributed by atoms with van der Waals surface area (Å²) in [4.78, 5) is 0. The van der Waals surface area contributed by atoms with E-state index in [4.69, 9.17) is 0 Å². The van der Waals surface area contributed by atoms with Gasteiger partial charge in [0.15, 0.2) is 0 Å². The average Bonchev–Trinajstić information content (AvgIpc) is 3.16. The molecular weight excluding hydrogens is 400 g/mol. The quantitative estimate of drug-likeness (QED) is 0.283. The Bertz CT molecular complexity index is 1200. The molecule has 0 amide bonds. The molecule has 0 fully saturated rings. The van der Waals surface area contributed by atoms with E-state index in [-0.39, 0.29) is 0 Å². The van der Waals surface area contributed by atoms with Crippen LogP contribution in [0.2, 0.25) is 6.55 Å². The minimum atomic E-state index is -2.27. The van der Waals surface area contributed by atoms with E-state index < -0.39 is 8.07 Å². The molecule has 0 saturated carbocycles. The summed E-state index contributed by atoms with van der Waals surface area (Å²) in [5, 5.41) is 2.88. The van der Waals surface area contributed by atoms with Gasteiger partial charge in [0.1, 0.15) is 8.07 Å². The number of benzene rings is 4. The monoisotopic (exact) mass is 426 g/mol. The van der Waals surface area contributed by atoms with Crippen LogP contribution in [0.25, 0.3) is 21.5 Å². The molecular formula is C31H26Si. The van der Waals surface area contributed by atoms with Gasteiger partial charge in [0.2, 0.25) is 0 Å². The minimum Gasteiger partial charge on any atom is -0.106 e. The summed E-state index contributed by atoms with van der Waals surface area (Å²) in [7, 11) is -2.27. The standard InChI is InChI=1S/C31H26Si/c1-3-32(2)30(26-20-12-6-13-21-26)28(24-16-8-4-9-17-24)29(25-18-10-5-11-19-25)31(32)27-22-14-7-15-23-27/h3-23H,1H2,2H3. The van der Waals surface area contributed by atoms with E-state index in [1.165, 1.54) is 43.8 Å². The lowest BCUT2D eigenvalue weighted by molar-refractivity contribution is 1.58. The van der Waals surface area contributed by atoms with Crippen LogP contribution in [0.4, 0.5) is 0 Å². The van der Waals surface area contributed by atoms with E-state index in [1.54, 1.807) is 0 Å². The third-order valence-corrected chi connectivity index (χ3v) is 10.4. The lowest BCUT2D eigenvalue weighted by Crippen LogP contribution is -2.30. The van der Waals surface area contributed by atoms with Crippen LogP contribution in [0.5, 0.6) is 0 Å². The van der Waals surface area contributed by atoms with Crippen LogP contribution in [0.1, 0.15) is 22.3 Å². The molecule has 0 aromatic heterocycles. The molecule has 4 aromatic carbocycles. The van der Waals surface area contributed by atoms with Crippen LogP contribution in [0.3, 0.4) is 0 Å². The highest BCUT2D eigenvalue weighted by Gasteiger charge is 2.45. The molecule has 1 heteroatoms. The van der Waals surface area contributed by atoms with E-state index in [0.29, 0.717) is 0 Å². The van der Waals surface area contributed by atoms with Crippen LogP contribution in [0.15, 0.2) is 134 Å². The number of hydrogen-bond acceptors (Lipinski definition) is 0. The van der Waals surface area contributed by atoms with E-state index in [2.05, 4.69) is 140 Å². The van der Waals surface area contributed by atoms with Gasteiger partial charge in [-0.3, -0.25) is 0 Å². The molecule has 0 N–H and O–H groups in total. The molecule has 1 aliphatic heterocycles. The summed E-state index contributed by atoms with van der Waals surface area (Å²) in [6.07, 6.45) is 0. The Morgan fingerprint density at radius 3 is 1.03 bits per heavy atom. The molecule has 1 heterocycles. The number of hydrogen-bond donors (Lipinski definition) is 0. The highest BCUT2D eigenvalue weighted by atomic mass is 28.3.